The molecule has 1 N–H and O–H groups in total. The quantitative estimate of drug-likeness (QED) is 0.694. The molecule has 0 aliphatic heterocycles. The molecule has 0 aliphatic rings. The Morgan fingerprint density at radius 2 is 2.17 bits per heavy atom. The fourth-order valence-corrected chi connectivity index (χ4v) is 0.918. The molecule has 2 nitrogen and oxygen atoms in total. The van der Waals surface area contributed by atoms with Crippen molar-refractivity contribution < 1.29 is 4.11 Å². The molecule has 1 aromatic rings. The number of anilines is 1. The lowest BCUT2D eigenvalue weighted by atomic mass is 9.88. The van der Waals surface area contributed by atoms with Crippen molar-refractivity contribution in [3.05, 3.63) is 24.0 Å². The van der Waals surface area contributed by atoms with Crippen molar-refractivity contribution in [1.29, 1.82) is 0 Å². The molecule has 0 aromatic carbocycles. The number of aromatic nitrogens is 1. The minimum atomic E-state index is -2.17. The highest BCUT2D eigenvalue weighted by atomic mass is 14.8. The second-order valence-corrected chi connectivity index (χ2v) is 3.84. The van der Waals surface area contributed by atoms with Crippen molar-refractivity contribution in [2.24, 2.45) is 0 Å². The first-order valence-corrected chi connectivity index (χ1v) is 3.92. The molecule has 0 radical (unpaired) electrons. The van der Waals surface area contributed by atoms with Crippen molar-refractivity contribution >= 4 is 5.69 Å². The van der Waals surface area contributed by atoms with Crippen LogP contribution >= 0.6 is 0 Å². The van der Waals surface area contributed by atoms with Crippen LogP contribution in [0.5, 0.6) is 0 Å². The molecule has 0 saturated carbocycles. The molecule has 1 rings (SSSR count). The van der Waals surface area contributed by atoms with Gasteiger partial charge in [0.15, 0.2) is 0 Å². The Morgan fingerprint density at radius 1 is 1.42 bits per heavy atom. The topological polar surface area (TPSA) is 24.9 Å². The molecule has 0 fully saturated rings. The zero-order valence-electron chi connectivity index (χ0n) is 10.7. The van der Waals surface area contributed by atoms with Gasteiger partial charge in [0.2, 0.25) is 0 Å². The van der Waals surface area contributed by atoms with Crippen LogP contribution in [-0.4, -0.2) is 12.0 Å². The second kappa shape index (κ2) is 3.13. The van der Waals surface area contributed by atoms with Gasteiger partial charge in [-0.05, 0) is 17.0 Å². The molecule has 0 saturated heterocycles. The van der Waals surface area contributed by atoms with E-state index in [4.69, 9.17) is 4.11 Å². The second-order valence-electron chi connectivity index (χ2n) is 3.84. The van der Waals surface area contributed by atoms with E-state index >= 15 is 0 Å². The van der Waals surface area contributed by atoms with Crippen molar-refractivity contribution in [1.82, 2.24) is 4.98 Å². The van der Waals surface area contributed by atoms with Gasteiger partial charge in [0, 0.05) is 23.5 Å². The van der Waals surface area contributed by atoms with Crippen LogP contribution in [0.15, 0.2) is 18.5 Å². The molecule has 2 heteroatoms. The van der Waals surface area contributed by atoms with E-state index in [1.54, 1.807) is 6.20 Å². The van der Waals surface area contributed by atoms with Crippen molar-refractivity contribution in [3.8, 4) is 0 Å². The Kier molecular flexibility index (Phi) is 1.45. The fraction of sp³-hybridized carbons (Fsp3) is 0.500. The third-order valence-corrected chi connectivity index (χ3v) is 1.75. The van der Waals surface area contributed by atoms with E-state index in [2.05, 4.69) is 31.1 Å². The van der Waals surface area contributed by atoms with E-state index in [1.165, 1.54) is 6.20 Å². The standard InChI is InChI=1S/C10H16N2/c1-10(2,3)8-5-9(11-4)7-12-6-8/h5-7,11H,1-4H3/i4D3. The monoisotopic (exact) mass is 167 g/mol. The van der Waals surface area contributed by atoms with Crippen LogP contribution in [-0.2, 0) is 5.41 Å². The first-order chi connectivity index (χ1) is 6.68. The van der Waals surface area contributed by atoms with Crippen LogP contribution in [0, 0.1) is 0 Å². The summed E-state index contributed by atoms with van der Waals surface area (Å²) in [6, 6.07) is 1.82. The fourth-order valence-electron chi connectivity index (χ4n) is 0.918. The first-order valence-electron chi connectivity index (χ1n) is 5.42. The highest BCUT2D eigenvalue weighted by molar-refractivity contribution is 5.43. The zero-order valence-corrected chi connectivity index (χ0v) is 7.68. The van der Waals surface area contributed by atoms with Gasteiger partial charge in [-0.2, -0.15) is 0 Å². The Hall–Kier alpha value is -1.05. The molecule has 0 bridgehead atoms. The minimum Gasteiger partial charge on any atom is -0.387 e. The lowest BCUT2D eigenvalue weighted by Crippen LogP contribution is -2.11. The SMILES string of the molecule is [2H]C([2H])([2H])Nc1cncc(C(C)(C)C)c1. The molecule has 0 aliphatic carbocycles. The number of pyridine rings is 1. The van der Waals surface area contributed by atoms with Gasteiger partial charge < -0.3 is 5.32 Å². The van der Waals surface area contributed by atoms with Gasteiger partial charge in [0.05, 0.1) is 5.69 Å². The average Bonchev–Trinajstić information content (AvgIpc) is 1.99. The van der Waals surface area contributed by atoms with Crippen LogP contribution in [0.3, 0.4) is 0 Å². The summed E-state index contributed by atoms with van der Waals surface area (Å²) in [6.45, 7) is 4.01. The predicted octanol–water partition coefficient (Wildman–Crippen LogP) is 2.42. The summed E-state index contributed by atoms with van der Waals surface area (Å²) in [6.07, 6.45) is 3.27. The third kappa shape index (κ3) is 1.97. The smallest absolute Gasteiger partial charge is 0.0527 e. The van der Waals surface area contributed by atoms with E-state index in [0.717, 1.165) is 5.56 Å². The summed E-state index contributed by atoms with van der Waals surface area (Å²) < 4.78 is 21.3. The van der Waals surface area contributed by atoms with Crippen molar-refractivity contribution in [2.75, 3.05) is 12.3 Å². The van der Waals surface area contributed by atoms with E-state index < -0.39 is 6.98 Å². The molecule has 1 aromatic heterocycles. The van der Waals surface area contributed by atoms with E-state index in [9.17, 15) is 0 Å². The molecular weight excluding hydrogens is 148 g/mol. The summed E-state index contributed by atoms with van der Waals surface area (Å²) in [5.41, 5.74) is 1.51. The molecule has 0 amide bonds. The summed E-state index contributed by atoms with van der Waals surface area (Å²) in [5, 5.41) is 2.43. The molecule has 0 unspecified atom stereocenters. The van der Waals surface area contributed by atoms with Crippen LogP contribution in [0.2, 0.25) is 0 Å². The van der Waals surface area contributed by atoms with Gasteiger partial charge in [-0.25, -0.2) is 0 Å². The molecular formula is C10H16N2. The average molecular weight is 167 g/mol. The predicted molar refractivity (Wildman–Crippen MR) is 52.5 cm³/mol. The Morgan fingerprint density at radius 3 is 2.75 bits per heavy atom. The lowest BCUT2D eigenvalue weighted by Gasteiger charge is -2.18. The van der Waals surface area contributed by atoms with Crippen molar-refractivity contribution in [3.63, 3.8) is 0 Å². The molecule has 0 atom stereocenters. The lowest BCUT2D eigenvalue weighted by molar-refractivity contribution is 0.588. The Bertz CT molecular complexity index is 339. The van der Waals surface area contributed by atoms with Crippen molar-refractivity contribution in [2.45, 2.75) is 26.2 Å². The minimum absolute atomic E-state index is 0.0283. The summed E-state index contributed by atoms with van der Waals surface area (Å²) in [5.74, 6) is 0. The Balaban J connectivity index is 2.94. The van der Waals surface area contributed by atoms with Crippen LogP contribution < -0.4 is 5.32 Å². The van der Waals surface area contributed by atoms with Gasteiger partial charge >= 0.3 is 0 Å². The maximum Gasteiger partial charge on any atom is 0.0527 e. The largest absolute Gasteiger partial charge is 0.387 e. The number of rotatable bonds is 1. The summed E-state index contributed by atoms with van der Waals surface area (Å²) >= 11 is 0. The molecule has 1 heterocycles. The van der Waals surface area contributed by atoms with E-state index in [0.29, 0.717) is 5.69 Å². The number of hydrogen-bond acceptors (Lipinski definition) is 2. The van der Waals surface area contributed by atoms with Gasteiger partial charge in [-0.15, -0.1) is 0 Å². The molecule has 0 spiro atoms. The number of nitrogens with one attached hydrogen (secondary N) is 1. The van der Waals surface area contributed by atoms with Gasteiger partial charge in [0.25, 0.3) is 0 Å². The first kappa shape index (κ1) is 5.57. The zero-order chi connectivity index (χ0) is 11.7. The highest BCUT2D eigenvalue weighted by Gasteiger charge is 2.13. The van der Waals surface area contributed by atoms with Gasteiger partial charge in [-0.1, -0.05) is 20.8 Å². The number of hydrogen-bond donors (Lipinski definition) is 1. The van der Waals surface area contributed by atoms with E-state index in [1.807, 2.05) is 6.07 Å². The maximum atomic E-state index is 7.09. The normalized spacial score (nSPS) is 16.1. The van der Waals surface area contributed by atoms with Crippen LogP contribution in [0.4, 0.5) is 5.69 Å². The third-order valence-electron chi connectivity index (χ3n) is 1.75. The highest BCUT2D eigenvalue weighted by Crippen LogP contribution is 2.22. The van der Waals surface area contributed by atoms with E-state index in [-0.39, 0.29) is 5.41 Å². The van der Waals surface area contributed by atoms with Gasteiger partial charge in [0.1, 0.15) is 0 Å². The maximum absolute atomic E-state index is 7.09. The summed E-state index contributed by atoms with van der Waals surface area (Å²) in [7, 11) is 0. The van der Waals surface area contributed by atoms with Gasteiger partial charge in [-0.3, -0.25) is 4.98 Å². The summed E-state index contributed by atoms with van der Waals surface area (Å²) in [4.78, 5) is 4.02. The van der Waals surface area contributed by atoms with Crippen LogP contribution in [0.25, 0.3) is 0 Å². The van der Waals surface area contributed by atoms with Crippen LogP contribution in [0.1, 0.15) is 30.4 Å². The molecule has 12 heavy (non-hydrogen) atoms. The molecule has 66 valence electrons. The number of nitrogens with zero attached hydrogens (tertiary/aromatic N) is 1. The Labute approximate surface area is 78.2 Å².